The van der Waals surface area contributed by atoms with Crippen LogP contribution in [0.15, 0.2) is 85.5 Å². The largest absolute Gasteiger partial charge is 0.569 e. The lowest BCUT2D eigenvalue weighted by Crippen LogP contribution is -2.00. The van der Waals surface area contributed by atoms with Crippen molar-refractivity contribution in [3.05, 3.63) is 102 Å². The van der Waals surface area contributed by atoms with Gasteiger partial charge in [-0.15, -0.1) is 128 Å². The SMILES string of the molecule is COc1ccc(-c2ccncc2)cc1C=O.COc1ccc(O[B]O)cc1C=O.Cl.Clc1ccncc1.PPP(P(P)P)P(P)P.PPP(P)P(P(P)P)P(P(P)P)P(P)P. The number of benzene rings is 2. The Morgan fingerprint density at radius 3 is 1.39 bits per heavy atom. The highest BCUT2D eigenvalue weighted by Gasteiger charge is 2.33. The van der Waals surface area contributed by atoms with Crippen molar-refractivity contribution in [2.24, 2.45) is 0 Å². The molecule has 2 aromatic heterocycles. The number of ether oxygens (including phenoxy) is 2. The van der Waals surface area contributed by atoms with Crippen LogP contribution in [0.2, 0.25) is 5.02 Å². The van der Waals surface area contributed by atoms with Crippen LogP contribution < -0.4 is 14.1 Å². The standard InChI is InChI=1S/C13H11NO2.C8H8BO4.C5H4ClN.ClH.H17P15.H11P9/c1-16-13-3-2-11(8-12(13)9-15)10-4-6-14-7-5-10;1-12-8-3-2-7(13-9-11)4-6(8)5-10;6-5-1-3-7-4-2-5;;1-9-13(8)15(12(6)7)14(10(2)3)11(4)5;1-6-9(7(2)3)8(4)5/h2-9H,1H3;2-5,11H,1H3;1-4H;1H;9H,1-8H2;6H,1-5H2. The van der Waals surface area contributed by atoms with Crippen LogP contribution >= 0.6 is 219 Å². The molecule has 0 saturated heterocycles. The third-order valence-corrected chi connectivity index (χ3v) is 139. The minimum atomic E-state index is 0. The molecule has 17 unspecified atom stereocenters. The average molecular weight is 1310 g/mol. The van der Waals surface area contributed by atoms with E-state index in [0.29, 0.717) is 49.3 Å². The number of rotatable bonds is 16. The molecule has 17 atom stereocenters. The van der Waals surface area contributed by atoms with Crippen LogP contribution in [0.3, 0.4) is 0 Å². The smallest absolute Gasteiger partial charge is 0.537 e. The summed E-state index contributed by atoms with van der Waals surface area (Å²) in [5.41, 5.74) is 2.93. The minimum Gasteiger partial charge on any atom is -0.537 e. The van der Waals surface area contributed by atoms with E-state index < -0.39 is 0 Å². The summed E-state index contributed by atoms with van der Waals surface area (Å²) in [6.07, 6.45) is 8.21. The van der Waals surface area contributed by atoms with Gasteiger partial charge in [-0.2, -0.15) is 0 Å². The predicted molar refractivity (Wildman–Crippen MR) is 350 cm³/mol. The van der Waals surface area contributed by atoms with Crippen molar-refractivity contribution in [2.45, 2.75) is 0 Å². The second-order valence-electron chi connectivity index (χ2n) is 10.0. The summed E-state index contributed by atoms with van der Waals surface area (Å²) < 4.78 is 14.7. The zero-order valence-corrected chi connectivity index (χ0v) is 59.1. The molecule has 0 saturated carbocycles. The molecule has 0 aliphatic heterocycles. The topological polar surface area (TPSA) is 108 Å². The first-order valence-corrected chi connectivity index (χ1v) is 58.2. The number of aromatic nitrogens is 2. The Bertz CT molecular complexity index is 1750. The molecule has 61 heavy (non-hydrogen) atoms. The van der Waals surface area contributed by atoms with Gasteiger partial charge in [0, 0.05) is 29.8 Å². The van der Waals surface area contributed by atoms with Crippen molar-refractivity contribution in [3.8, 4) is 28.4 Å². The number of pyridine rings is 2. The third-order valence-electron chi connectivity index (χ3n) is 6.18. The fourth-order valence-corrected chi connectivity index (χ4v) is 221. The number of nitrogens with zero attached hydrogens (tertiary/aromatic N) is 2. The number of aldehydes is 2. The van der Waals surface area contributed by atoms with Crippen molar-refractivity contribution in [1.82, 2.24) is 9.97 Å². The van der Waals surface area contributed by atoms with Crippen LogP contribution in [0.4, 0.5) is 0 Å². The van der Waals surface area contributed by atoms with E-state index in [2.05, 4.69) is 131 Å². The Kier molecular flexibility index (Phi) is 48.8. The van der Waals surface area contributed by atoms with E-state index in [-0.39, 0.29) is 68.3 Å². The number of hydrogen-bond donors (Lipinski definition) is 1. The first-order chi connectivity index (χ1) is 28.5. The van der Waals surface area contributed by atoms with Gasteiger partial charge >= 0.3 is 7.69 Å². The summed E-state index contributed by atoms with van der Waals surface area (Å²) in [6.45, 7) is 1.53. The molecule has 0 aliphatic rings. The summed E-state index contributed by atoms with van der Waals surface area (Å²) in [7, 11) is 44.8. The second-order valence-corrected chi connectivity index (χ2v) is 97.0. The van der Waals surface area contributed by atoms with Crippen LogP contribution in [0, 0.1) is 0 Å². The lowest BCUT2D eigenvalue weighted by Gasteiger charge is -2.38. The molecule has 0 amide bonds. The van der Waals surface area contributed by atoms with Crippen molar-refractivity contribution in [2.75, 3.05) is 14.2 Å². The number of hydrogen-bond acceptors (Lipinski definition) is 8. The fraction of sp³-hybridized carbons (Fsp3) is 0.0769. The summed E-state index contributed by atoms with van der Waals surface area (Å²) in [4.78, 5) is 29.1. The Morgan fingerprint density at radius 2 is 1.07 bits per heavy atom. The molecule has 0 spiro atoms. The van der Waals surface area contributed by atoms with Crippen molar-refractivity contribution >= 4 is 239 Å². The van der Waals surface area contributed by atoms with Crippen LogP contribution in [0.1, 0.15) is 20.7 Å². The Labute approximate surface area is 418 Å². The molecule has 1 radical (unpaired) electrons. The number of carbonyl (C=O) groups excluding carboxylic acids is 2. The van der Waals surface area contributed by atoms with Gasteiger partial charge in [0.15, 0.2) is 12.6 Å². The molecule has 35 heteroatoms. The molecule has 4 rings (SSSR count). The molecule has 0 bridgehead atoms. The maximum atomic E-state index is 10.9. The summed E-state index contributed by atoms with van der Waals surface area (Å²) >= 11 is 5.50. The van der Waals surface area contributed by atoms with Gasteiger partial charge in [0.05, 0.1) is 25.3 Å². The number of carbonyl (C=O) groups is 2. The van der Waals surface area contributed by atoms with Crippen molar-refractivity contribution in [3.63, 3.8) is 0 Å². The number of methoxy groups -OCH3 is 2. The Balaban J connectivity index is 0. The first-order valence-electron chi connectivity index (χ1n) is 15.7. The van der Waals surface area contributed by atoms with Gasteiger partial charge in [-0.3, -0.25) is 19.6 Å². The molecule has 2 heterocycles. The molecule has 0 fully saturated rings. The van der Waals surface area contributed by atoms with Gasteiger partial charge in [-0.25, -0.2) is 0 Å². The highest BCUT2D eigenvalue weighted by molar-refractivity contribution is 9.28. The van der Waals surface area contributed by atoms with Crippen LogP contribution in [0.5, 0.6) is 17.2 Å². The van der Waals surface area contributed by atoms with Crippen molar-refractivity contribution < 1.29 is 28.7 Å². The van der Waals surface area contributed by atoms with E-state index in [1.54, 1.807) is 68.3 Å². The minimum absolute atomic E-state index is 0. The molecular weight excluding hydrogens is 1260 g/mol. The normalized spacial score (nSPS) is 11.8. The Morgan fingerprint density at radius 1 is 0.623 bits per heavy atom. The predicted octanol–water partition coefficient (Wildman–Crippen LogP) is 18.3. The van der Waals surface area contributed by atoms with Crippen LogP contribution in [-0.2, 0) is 0 Å². The quantitative estimate of drug-likeness (QED) is 0.0671. The van der Waals surface area contributed by atoms with E-state index in [1.807, 2.05) is 18.2 Å². The van der Waals surface area contributed by atoms with E-state index in [4.69, 9.17) is 26.1 Å². The molecule has 4 aromatic rings. The second kappa shape index (κ2) is 42.9. The molecule has 1 N–H and O–H groups in total. The van der Waals surface area contributed by atoms with E-state index in [1.165, 1.54) is 13.2 Å². The molecule has 339 valence electrons. The lowest BCUT2D eigenvalue weighted by atomic mass is 10.0. The molecule has 2 aromatic carbocycles. The Hall–Kier alpha value is 6.40. The van der Waals surface area contributed by atoms with Gasteiger partial charge < -0.3 is 19.2 Å². The highest BCUT2D eigenvalue weighted by Crippen LogP contribution is 3.22. The maximum absolute atomic E-state index is 10.9. The monoisotopic (exact) mass is 1310 g/mol. The van der Waals surface area contributed by atoms with Gasteiger partial charge in [-0.05, 0) is 129 Å². The van der Waals surface area contributed by atoms with Gasteiger partial charge in [0.2, 0.25) is 0 Å². The fourth-order valence-electron chi connectivity index (χ4n) is 3.72. The van der Waals surface area contributed by atoms with E-state index >= 15 is 0 Å². The van der Waals surface area contributed by atoms with E-state index in [9.17, 15) is 9.59 Å². The number of halogens is 2. The van der Waals surface area contributed by atoms with Crippen molar-refractivity contribution in [1.29, 1.82) is 0 Å². The molecular formula is C26H52BCl2N2O6P24. The maximum Gasteiger partial charge on any atom is 0.569 e. The third kappa shape index (κ3) is 30.3. The van der Waals surface area contributed by atoms with Crippen LogP contribution in [-0.4, -0.2) is 49.5 Å². The molecule has 0 aliphatic carbocycles. The van der Waals surface area contributed by atoms with Gasteiger partial charge in [0.25, 0.3) is 0 Å². The van der Waals surface area contributed by atoms with Gasteiger partial charge in [-0.1, -0.05) is 33.6 Å². The average Bonchev–Trinajstić information content (AvgIpc) is 3.23. The first kappa shape index (κ1) is 69.5. The van der Waals surface area contributed by atoms with Gasteiger partial charge in [0.1, 0.15) is 17.2 Å². The highest BCUT2D eigenvalue weighted by atomic mass is 35.5. The zero-order chi connectivity index (χ0) is 45.8. The summed E-state index contributed by atoms with van der Waals surface area (Å²) in [5.74, 6) is 1.44. The molecule has 8 nitrogen and oxygen atoms in total. The van der Waals surface area contributed by atoms with E-state index in [0.717, 1.165) is 38.4 Å². The lowest BCUT2D eigenvalue weighted by molar-refractivity contribution is 0.111. The zero-order valence-electron chi connectivity index (χ0n) is 32.5. The summed E-state index contributed by atoms with van der Waals surface area (Å²) in [6, 6.07) is 17.4. The summed E-state index contributed by atoms with van der Waals surface area (Å²) in [5, 5.41) is 9.07. The van der Waals surface area contributed by atoms with Crippen LogP contribution in [0.25, 0.3) is 11.1 Å².